The van der Waals surface area contributed by atoms with Gasteiger partial charge in [-0.3, -0.25) is 0 Å². The number of nitrogens with zero attached hydrogens (tertiary/aromatic N) is 3. The molecule has 2 unspecified atom stereocenters. The zero-order valence-electron chi connectivity index (χ0n) is 10.2. The lowest BCUT2D eigenvalue weighted by Crippen LogP contribution is -2.47. The van der Waals surface area contributed by atoms with Crippen LogP contribution in [0.3, 0.4) is 0 Å². The fraction of sp³-hybridized carbons (Fsp3) is 0.462. The van der Waals surface area contributed by atoms with Gasteiger partial charge in [-0.2, -0.15) is 5.26 Å². The highest BCUT2D eigenvalue weighted by molar-refractivity contribution is 5.78. The van der Waals surface area contributed by atoms with Crippen molar-refractivity contribution in [3.63, 3.8) is 0 Å². The van der Waals surface area contributed by atoms with Crippen LogP contribution in [0.5, 0.6) is 0 Å². The molecule has 0 radical (unpaired) electrons. The maximum Gasteiger partial charge on any atom is 0.326 e. The minimum absolute atomic E-state index is 0.404. The van der Waals surface area contributed by atoms with Crippen LogP contribution in [0.25, 0.3) is 0 Å². The molecule has 1 aromatic heterocycles. The number of hydrogen-bond acceptors (Lipinski definition) is 4. The number of rotatable bonds is 2. The van der Waals surface area contributed by atoms with E-state index in [4.69, 9.17) is 5.26 Å². The van der Waals surface area contributed by atoms with Crippen LogP contribution in [0.1, 0.15) is 25.3 Å². The van der Waals surface area contributed by atoms with Crippen molar-refractivity contribution in [3.05, 3.63) is 23.9 Å². The van der Waals surface area contributed by atoms with Crippen molar-refractivity contribution in [1.82, 2.24) is 4.98 Å². The van der Waals surface area contributed by atoms with Gasteiger partial charge in [0, 0.05) is 12.7 Å². The molecular formula is C13H15N3O2. The summed E-state index contributed by atoms with van der Waals surface area (Å²) >= 11 is 0. The maximum atomic E-state index is 11.3. The van der Waals surface area contributed by atoms with Crippen LogP contribution in [0.4, 0.5) is 5.82 Å². The largest absolute Gasteiger partial charge is 0.480 e. The minimum Gasteiger partial charge on any atom is -0.480 e. The van der Waals surface area contributed by atoms with E-state index in [1.165, 1.54) is 0 Å². The number of carboxylic acid groups (broad SMARTS) is 1. The summed E-state index contributed by atoms with van der Waals surface area (Å²) in [5, 5.41) is 18.1. The van der Waals surface area contributed by atoms with Crippen molar-refractivity contribution < 1.29 is 9.90 Å². The number of anilines is 1. The number of aliphatic carboxylic acids is 1. The van der Waals surface area contributed by atoms with E-state index in [0.29, 0.717) is 30.3 Å². The number of carbonyl (C=O) groups is 1. The monoisotopic (exact) mass is 245 g/mol. The van der Waals surface area contributed by atoms with Gasteiger partial charge in [-0.25, -0.2) is 9.78 Å². The van der Waals surface area contributed by atoms with Crippen LogP contribution in [0.2, 0.25) is 0 Å². The third-order valence-electron chi connectivity index (χ3n) is 3.32. The molecule has 1 saturated heterocycles. The average molecular weight is 245 g/mol. The van der Waals surface area contributed by atoms with E-state index in [1.54, 1.807) is 23.2 Å². The molecule has 5 heteroatoms. The lowest BCUT2D eigenvalue weighted by molar-refractivity contribution is -0.139. The molecule has 2 rings (SSSR count). The normalized spacial score (nSPS) is 23.4. The summed E-state index contributed by atoms with van der Waals surface area (Å²) in [7, 11) is 0. The molecule has 0 saturated carbocycles. The number of carboxylic acids is 1. The fourth-order valence-corrected chi connectivity index (χ4v) is 2.29. The highest BCUT2D eigenvalue weighted by atomic mass is 16.4. The van der Waals surface area contributed by atoms with E-state index in [-0.39, 0.29) is 0 Å². The molecule has 1 aliphatic heterocycles. The topological polar surface area (TPSA) is 77.2 Å². The Morgan fingerprint density at radius 3 is 3.11 bits per heavy atom. The van der Waals surface area contributed by atoms with E-state index in [1.807, 2.05) is 6.07 Å². The molecule has 0 spiro atoms. The number of piperidine rings is 1. The van der Waals surface area contributed by atoms with Crippen molar-refractivity contribution in [2.75, 3.05) is 11.4 Å². The summed E-state index contributed by atoms with van der Waals surface area (Å²) in [4.78, 5) is 17.3. The quantitative estimate of drug-likeness (QED) is 0.857. The van der Waals surface area contributed by atoms with E-state index in [9.17, 15) is 9.90 Å². The first-order valence-corrected chi connectivity index (χ1v) is 5.97. The summed E-state index contributed by atoms with van der Waals surface area (Å²) in [5.74, 6) is 0.153. The van der Waals surface area contributed by atoms with Crippen molar-refractivity contribution in [1.29, 1.82) is 5.26 Å². The summed E-state index contributed by atoms with van der Waals surface area (Å²) in [6.07, 6.45) is 3.11. The van der Waals surface area contributed by atoms with Gasteiger partial charge in [0.2, 0.25) is 0 Å². The van der Waals surface area contributed by atoms with Crippen molar-refractivity contribution >= 4 is 11.8 Å². The van der Waals surface area contributed by atoms with Crippen LogP contribution < -0.4 is 4.90 Å². The third-order valence-corrected chi connectivity index (χ3v) is 3.32. The van der Waals surface area contributed by atoms with Gasteiger partial charge in [-0.15, -0.1) is 0 Å². The fourth-order valence-electron chi connectivity index (χ4n) is 2.29. The van der Waals surface area contributed by atoms with Gasteiger partial charge in [0.25, 0.3) is 0 Å². The number of pyridine rings is 1. The van der Waals surface area contributed by atoms with E-state index in [2.05, 4.69) is 11.9 Å². The zero-order valence-corrected chi connectivity index (χ0v) is 10.2. The highest BCUT2D eigenvalue weighted by Gasteiger charge is 2.32. The first-order valence-electron chi connectivity index (χ1n) is 5.97. The van der Waals surface area contributed by atoms with Crippen molar-refractivity contribution in [2.24, 2.45) is 5.92 Å². The molecule has 0 aliphatic carbocycles. The molecule has 1 aromatic rings. The van der Waals surface area contributed by atoms with Crippen LogP contribution in [-0.4, -0.2) is 28.6 Å². The molecule has 0 bridgehead atoms. The number of aromatic nitrogens is 1. The lowest BCUT2D eigenvalue weighted by Gasteiger charge is -2.36. The highest BCUT2D eigenvalue weighted by Crippen LogP contribution is 2.27. The van der Waals surface area contributed by atoms with E-state index < -0.39 is 12.0 Å². The molecule has 1 fully saturated rings. The van der Waals surface area contributed by atoms with Crippen LogP contribution >= 0.6 is 0 Å². The van der Waals surface area contributed by atoms with Crippen LogP contribution in [0.15, 0.2) is 18.3 Å². The van der Waals surface area contributed by atoms with Gasteiger partial charge in [0.05, 0.1) is 11.6 Å². The van der Waals surface area contributed by atoms with E-state index in [0.717, 1.165) is 6.42 Å². The second-order valence-electron chi connectivity index (χ2n) is 4.69. The molecule has 1 N–H and O–H groups in total. The summed E-state index contributed by atoms with van der Waals surface area (Å²) in [6, 6.07) is 4.76. The molecule has 18 heavy (non-hydrogen) atoms. The Bertz CT molecular complexity index is 495. The molecule has 94 valence electrons. The summed E-state index contributed by atoms with van der Waals surface area (Å²) < 4.78 is 0. The minimum atomic E-state index is -0.828. The Morgan fingerprint density at radius 2 is 2.44 bits per heavy atom. The van der Waals surface area contributed by atoms with Crippen molar-refractivity contribution in [2.45, 2.75) is 25.8 Å². The van der Waals surface area contributed by atoms with Crippen LogP contribution in [0, 0.1) is 17.2 Å². The van der Waals surface area contributed by atoms with Crippen LogP contribution in [-0.2, 0) is 4.79 Å². The molecular weight excluding hydrogens is 230 g/mol. The zero-order chi connectivity index (χ0) is 13.1. The van der Waals surface area contributed by atoms with E-state index >= 15 is 0 Å². The second kappa shape index (κ2) is 5.05. The molecule has 0 amide bonds. The smallest absolute Gasteiger partial charge is 0.326 e. The van der Waals surface area contributed by atoms with Crippen molar-refractivity contribution in [3.8, 4) is 6.07 Å². The number of hydrogen-bond donors (Lipinski definition) is 1. The van der Waals surface area contributed by atoms with Gasteiger partial charge >= 0.3 is 5.97 Å². The predicted octanol–water partition coefficient (Wildman–Crippen LogP) is 1.64. The lowest BCUT2D eigenvalue weighted by atomic mass is 9.92. The SMILES string of the molecule is CC1CCN(c2cc(C#N)ccn2)C(C(=O)O)C1. The number of nitriles is 1. The molecule has 2 heterocycles. The second-order valence-corrected chi connectivity index (χ2v) is 4.69. The summed E-state index contributed by atoms with van der Waals surface area (Å²) in [6.45, 7) is 2.73. The Kier molecular flexibility index (Phi) is 3.47. The maximum absolute atomic E-state index is 11.3. The standard InChI is InChI=1S/C13H15N3O2/c1-9-3-5-16(11(6-9)13(17)18)12-7-10(8-14)2-4-15-12/h2,4,7,9,11H,3,5-6H2,1H3,(H,17,18). The molecule has 1 aliphatic rings. The Morgan fingerprint density at radius 1 is 1.67 bits per heavy atom. The van der Waals surface area contributed by atoms with Gasteiger partial charge in [0.15, 0.2) is 0 Å². The van der Waals surface area contributed by atoms with Gasteiger partial charge in [-0.05, 0) is 30.9 Å². The average Bonchev–Trinajstić information content (AvgIpc) is 2.38. The van der Waals surface area contributed by atoms with Gasteiger partial charge < -0.3 is 10.0 Å². The molecule has 2 atom stereocenters. The first-order chi connectivity index (χ1) is 8.61. The summed E-state index contributed by atoms with van der Waals surface area (Å²) in [5.41, 5.74) is 0.503. The first kappa shape index (κ1) is 12.4. The molecule has 0 aromatic carbocycles. The Labute approximate surface area is 106 Å². The molecule has 5 nitrogen and oxygen atoms in total. The Balaban J connectivity index is 2.29. The predicted molar refractivity (Wildman–Crippen MR) is 66.1 cm³/mol. The Hall–Kier alpha value is -2.09. The van der Waals surface area contributed by atoms with Gasteiger partial charge in [0.1, 0.15) is 11.9 Å². The van der Waals surface area contributed by atoms with Gasteiger partial charge in [-0.1, -0.05) is 6.92 Å². The third kappa shape index (κ3) is 2.43.